The zero-order valence-corrected chi connectivity index (χ0v) is 23.0. The van der Waals surface area contributed by atoms with Crippen LogP contribution >= 0.6 is 11.6 Å². The number of ether oxygens (including phenoxy) is 1. The molecule has 3 aromatic rings. The van der Waals surface area contributed by atoms with Crippen LogP contribution in [0.5, 0.6) is 0 Å². The molecule has 4 rings (SSSR count). The number of methoxy groups -OCH3 is 1. The fraction of sp³-hybridized carbons (Fsp3) is 0.360. The number of carbonyl (C=O) groups excluding carboxylic acids is 2. The van der Waals surface area contributed by atoms with Crippen molar-refractivity contribution in [1.82, 2.24) is 14.9 Å². The maximum atomic E-state index is 13.6. The second-order valence-corrected chi connectivity index (χ2v) is 10.4. The molecule has 0 saturated carbocycles. The molecule has 38 heavy (non-hydrogen) atoms. The van der Waals surface area contributed by atoms with Crippen molar-refractivity contribution in [2.24, 2.45) is 0 Å². The highest BCUT2D eigenvalue weighted by molar-refractivity contribution is 7.80. The SMILES string of the molecule is COC(=O)[C@@H](Cc1cc2ccnc(N)c2cc1Cl)N1CC[C@H](N(c2cnc(N(C)C)c(C)c2)S(=O)[O-])C1=O. The van der Waals surface area contributed by atoms with Crippen LogP contribution in [0.3, 0.4) is 0 Å². The summed E-state index contributed by atoms with van der Waals surface area (Å²) in [6.07, 6.45) is 3.24. The Morgan fingerprint density at radius 1 is 1.34 bits per heavy atom. The second-order valence-electron chi connectivity index (χ2n) is 9.21. The lowest BCUT2D eigenvalue weighted by Crippen LogP contribution is -2.49. The van der Waals surface area contributed by atoms with Gasteiger partial charge in [0.15, 0.2) is 0 Å². The third kappa shape index (κ3) is 5.24. The number of pyridine rings is 2. The van der Waals surface area contributed by atoms with Crippen LogP contribution in [0.1, 0.15) is 17.5 Å². The number of nitrogens with two attached hydrogens (primary N) is 1. The monoisotopic (exact) mass is 559 g/mol. The molecule has 2 aromatic heterocycles. The number of benzene rings is 1. The van der Waals surface area contributed by atoms with Crippen molar-refractivity contribution in [2.75, 3.05) is 42.7 Å². The molecule has 1 aliphatic rings. The first-order valence-electron chi connectivity index (χ1n) is 11.8. The fourth-order valence-electron chi connectivity index (χ4n) is 4.81. The normalized spacial score (nSPS) is 16.9. The van der Waals surface area contributed by atoms with Crippen molar-refractivity contribution in [3.63, 3.8) is 0 Å². The van der Waals surface area contributed by atoms with Crippen molar-refractivity contribution < 1.29 is 23.1 Å². The molecule has 1 amide bonds. The van der Waals surface area contributed by atoms with Crippen LogP contribution in [-0.4, -0.2) is 75.3 Å². The van der Waals surface area contributed by atoms with Crippen LogP contribution in [0.4, 0.5) is 17.3 Å². The van der Waals surface area contributed by atoms with Gasteiger partial charge >= 0.3 is 5.97 Å². The first-order valence-corrected chi connectivity index (χ1v) is 13.2. The number of anilines is 3. The summed E-state index contributed by atoms with van der Waals surface area (Å²) < 4.78 is 30.6. The van der Waals surface area contributed by atoms with Crippen LogP contribution in [0, 0.1) is 6.92 Å². The van der Waals surface area contributed by atoms with Gasteiger partial charge in [-0.05, 0) is 54.1 Å². The van der Waals surface area contributed by atoms with E-state index in [-0.39, 0.29) is 25.1 Å². The third-order valence-corrected chi connectivity index (χ3v) is 7.73. The summed E-state index contributed by atoms with van der Waals surface area (Å²) in [5.41, 5.74) is 7.58. The number of hydrogen-bond acceptors (Lipinski definition) is 9. The molecule has 1 aliphatic heterocycles. The summed E-state index contributed by atoms with van der Waals surface area (Å²) in [5, 5.41) is 1.81. The summed E-state index contributed by atoms with van der Waals surface area (Å²) >= 11 is 3.76. The van der Waals surface area contributed by atoms with E-state index >= 15 is 0 Å². The molecule has 1 aromatic carbocycles. The summed E-state index contributed by atoms with van der Waals surface area (Å²) in [6.45, 7) is 1.96. The number of rotatable bonds is 8. The van der Waals surface area contributed by atoms with Gasteiger partial charge in [-0.25, -0.2) is 14.8 Å². The van der Waals surface area contributed by atoms with E-state index in [1.807, 2.05) is 25.9 Å². The number of nitrogens with zero attached hydrogens (tertiary/aromatic N) is 5. The van der Waals surface area contributed by atoms with E-state index in [0.717, 1.165) is 15.3 Å². The van der Waals surface area contributed by atoms with Crippen molar-refractivity contribution in [3.05, 3.63) is 52.8 Å². The van der Waals surface area contributed by atoms with Crippen molar-refractivity contribution in [1.29, 1.82) is 0 Å². The van der Waals surface area contributed by atoms with Gasteiger partial charge in [-0.3, -0.25) is 13.3 Å². The highest BCUT2D eigenvalue weighted by Gasteiger charge is 2.43. The molecule has 3 atom stereocenters. The molecule has 0 spiro atoms. The summed E-state index contributed by atoms with van der Waals surface area (Å²) in [6, 6.07) is 4.86. The lowest BCUT2D eigenvalue weighted by atomic mass is 10.0. The smallest absolute Gasteiger partial charge is 0.328 e. The minimum absolute atomic E-state index is 0.0702. The van der Waals surface area contributed by atoms with E-state index in [2.05, 4.69) is 9.97 Å². The molecule has 1 unspecified atom stereocenters. The van der Waals surface area contributed by atoms with Gasteiger partial charge in [0.1, 0.15) is 23.7 Å². The van der Waals surface area contributed by atoms with Crippen LogP contribution < -0.4 is 14.9 Å². The number of fused-ring (bicyclic) bond motifs is 1. The average molecular weight is 560 g/mol. The predicted octanol–water partition coefficient (Wildman–Crippen LogP) is 2.23. The lowest BCUT2D eigenvalue weighted by molar-refractivity contribution is -0.151. The first-order chi connectivity index (χ1) is 18.0. The molecule has 1 saturated heterocycles. The first kappa shape index (κ1) is 27.6. The Bertz CT molecular complexity index is 1420. The maximum Gasteiger partial charge on any atom is 0.328 e. The number of likely N-dealkylation sites (tertiary alicyclic amines) is 1. The number of esters is 1. The van der Waals surface area contributed by atoms with Crippen LogP contribution in [0.25, 0.3) is 10.8 Å². The Balaban J connectivity index is 1.65. The van der Waals surface area contributed by atoms with Gasteiger partial charge in [-0.2, -0.15) is 0 Å². The van der Waals surface area contributed by atoms with Gasteiger partial charge in [-0.1, -0.05) is 11.6 Å². The third-order valence-electron chi connectivity index (χ3n) is 6.59. The molecule has 202 valence electrons. The quantitative estimate of drug-likeness (QED) is 0.324. The largest absolute Gasteiger partial charge is 0.755 e. The van der Waals surface area contributed by atoms with Gasteiger partial charge in [0.2, 0.25) is 5.91 Å². The standard InChI is InChI=1S/C25H29ClN6O5S/c1-14-9-17(13-29-23(14)30(2)3)32(38(35)36)20-6-8-31(24(20)33)21(25(34)37-4)11-16-10-15-5-7-28-22(27)18(15)12-19(16)26/h5,7,9-10,12-13,20-21H,6,8,11H2,1-4H3,(H2,27,28)(H,35,36)/p-1/t20-,21+/m0/s1. The molecule has 0 aliphatic carbocycles. The minimum atomic E-state index is -2.76. The number of amides is 1. The number of aromatic nitrogens is 2. The van der Waals surface area contributed by atoms with Gasteiger partial charge in [0.05, 0.1) is 19.0 Å². The van der Waals surface area contributed by atoms with E-state index in [1.165, 1.54) is 18.2 Å². The Morgan fingerprint density at radius 2 is 2.08 bits per heavy atom. The fourth-order valence-corrected chi connectivity index (χ4v) is 5.73. The predicted molar refractivity (Wildman–Crippen MR) is 145 cm³/mol. The maximum absolute atomic E-state index is 13.6. The molecule has 1 fully saturated rings. The van der Waals surface area contributed by atoms with E-state index in [4.69, 9.17) is 22.1 Å². The Hall–Kier alpha value is -3.48. The van der Waals surface area contributed by atoms with Crippen molar-refractivity contribution in [3.8, 4) is 0 Å². The summed E-state index contributed by atoms with van der Waals surface area (Å²) in [7, 11) is 4.90. The molecule has 0 radical (unpaired) electrons. The van der Waals surface area contributed by atoms with E-state index in [9.17, 15) is 18.4 Å². The zero-order valence-electron chi connectivity index (χ0n) is 21.4. The number of carbonyl (C=O) groups is 2. The molecule has 13 heteroatoms. The van der Waals surface area contributed by atoms with Crippen LogP contribution in [-0.2, 0) is 32.0 Å². The Labute approximate surface area is 227 Å². The second kappa shape index (κ2) is 11.1. The van der Waals surface area contributed by atoms with Crippen molar-refractivity contribution >= 4 is 62.8 Å². The van der Waals surface area contributed by atoms with Gasteiger partial charge in [0.25, 0.3) is 0 Å². The van der Waals surface area contributed by atoms with Gasteiger partial charge < -0.3 is 24.8 Å². The van der Waals surface area contributed by atoms with E-state index in [0.29, 0.717) is 27.6 Å². The number of hydrogen-bond donors (Lipinski definition) is 1. The average Bonchev–Trinajstić information content (AvgIpc) is 3.23. The van der Waals surface area contributed by atoms with Gasteiger partial charge in [-0.15, -0.1) is 0 Å². The van der Waals surface area contributed by atoms with Crippen LogP contribution in [0.2, 0.25) is 5.02 Å². The van der Waals surface area contributed by atoms with Gasteiger partial charge in [0, 0.05) is 54.9 Å². The molecule has 0 bridgehead atoms. The van der Waals surface area contributed by atoms with Crippen molar-refractivity contribution in [2.45, 2.75) is 31.8 Å². The lowest BCUT2D eigenvalue weighted by Gasteiger charge is -2.32. The van der Waals surface area contributed by atoms with E-state index in [1.54, 1.807) is 30.5 Å². The zero-order chi connectivity index (χ0) is 27.7. The Kier molecular flexibility index (Phi) is 8.05. The number of halogens is 1. The minimum Gasteiger partial charge on any atom is -0.755 e. The topological polar surface area (TPSA) is 145 Å². The highest BCUT2D eigenvalue weighted by atomic mass is 35.5. The molecule has 11 nitrogen and oxygen atoms in total. The molecular formula is C25H28ClN6O5S-. The molecular weight excluding hydrogens is 532 g/mol. The summed E-state index contributed by atoms with van der Waals surface area (Å²) in [5.74, 6) is -0.135. The van der Waals surface area contributed by atoms with E-state index < -0.39 is 35.2 Å². The number of nitrogen functional groups attached to an aromatic ring is 1. The Morgan fingerprint density at radius 3 is 2.71 bits per heavy atom. The van der Waals surface area contributed by atoms with Crippen LogP contribution in [0.15, 0.2) is 36.7 Å². The highest BCUT2D eigenvalue weighted by Crippen LogP contribution is 2.32. The number of aryl methyl sites for hydroxylation is 1. The summed E-state index contributed by atoms with van der Waals surface area (Å²) in [4.78, 5) is 38.0. The molecule has 2 N–H and O–H groups in total. The molecule has 3 heterocycles.